The lowest BCUT2D eigenvalue weighted by Gasteiger charge is -2.02. The molecule has 0 unspecified atom stereocenters. The van der Waals surface area contributed by atoms with Gasteiger partial charge in [-0.25, -0.2) is 0 Å². The second kappa shape index (κ2) is 10.6. The lowest BCUT2D eigenvalue weighted by Crippen LogP contribution is -2.17. The summed E-state index contributed by atoms with van der Waals surface area (Å²) in [4.78, 5) is 0. The predicted molar refractivity (Wildman–Crippen MR) is 68.0 cm³/mol. The van der Waals surface area contributed by atoms with Gasteiger partial charge in [-0.05, 0) is 12.8 Å². The SMILES string of the molecule is S=C(S)NCCCCCCCCCl. The van der Waals surface area contributed by atoms with Gasteiger partial charge in [-0.1, -0.05) is 37.9 Å². The normalized spacial score (nSPS) is 10.0. The van der Waals surface area contributed by atoms with E-state index in [9.17, 15) is 0 Å². The highest BCUT2D eigenvalue weighted by Crippen LogP contribution is 2.05. The minimum Gasteiger partial charge on any atom is -0.371 e. The molecule has 0 saturated heterocycles. The Labute approximate surface area is 97.0 Å². The number of unbranched alkanes of at least 4 members (excludes halogenated alkanes) is 5. The lowest BCUT2D eigenvalue weighted by atomic mass is 10.1. The molecule has 4 heteroatoms. The molecule has 1 N–H and O–H groups in total. The van der Waals surface area contributed by atoms with Gasteiger partial charge in [0.25, 0.3) is 0 Å². The van der Waals surface area contributed by atoms with E-state index in [-0.39, 0.29) is 0 Å². The first kappa shape index (κ1) is 13.5. The largest absolute Gasteiger partial charge is 0.371 e. The van der Waals surface area contributed by atoms with Crippen LogP contribution >= 0.6 is 36.4 Å². The third-order valence-electron chi connectivity index (χ3n) is 1.84. The van der Waals surface area contributed by atoms with Crippen LogP contribution in [0.1, 0.15) is 38.5 Å². The van der Waals surface area contributed by atoms with E-state index in [1.165, 1.54) is 32.1 Å². The van der Waals surface area contributed by atoms with Gasteiger partial charge in [0, 0.05) is 12.4 Å². The minimum absolute atomic E-state index is 0.599. The summed E-state index contributed by atoms with van der Waals surface area (Å²) < 4.78 is 0.599. The summed E-state index contributed by atoms with van der Waals surface area (Å²) >= 11 is 14.3. The molecule has 0 bridgehead atoms. The van der Waals surface area contributed by atoms with E-state index in [1.807, 2.05) is 0 Å². The van der Waals surface area contributed by atoms with E-state index in [0.29, 0.717) is 4.32 Å². The summed E-state index contributed by atoms with van der Waals surface area (Å²) in [6.45, 7) is 0.956. The maximum atomic E-state index is 5.57. The van der Waals surface area contributed by atoms with E-state index in [1.54, 1.807) is 0 Å². The summed E-state index contributed by atoms with van der Waals surface area (Å²) in [6.07, 6.45) is 7.48. The van der Waals surface area contributed by atoms with Crippen LogP contribution in [0.3, 0.4) is 0 Å². The summed E-state index contributed by atoms with van der Waals surface area (Å²) in [6, 6.07) is 0. The Morgan fingerprint density at radius 3 is 2.15 bits per heavy atom. The minimum atomic E-state index is 0.599. The highest BCUT2D eigenvalue weighted by Gasteiger charge is 1.91. The maximum absolute atomic E-state index is 5.57. The molecule has 0 aliphatic heterocycles. The number of thiocarbonyl (C=S) groups is 1. The van der Waals surface area contributed by atoms with Crippen LogP contribution in [-0.4, -0.2) is 16.7 Å². The monoisotopic (exact) mass is 239 g/mol. The molecule has 0 aromatic heterocycles. The maximum Gasteiger partial charge on any atom is 0.130 e. The molecule has 0 aliphatic rings. The quantitative estimate of drug-likeness (QED) is 0.292. The highest BCUT2D eigenvalue weighted by molar-refractivity contribution is 8.11. The molecule has 0 fully saturated rings. The van der Waals surface area contributed by atoms with Crippen LogP contribution in [0, 0.1) is 0 Å². The van der Waals surface area contributed by atoms with Gasteiger partial charge in [0.05, 0.1) is 0 Å². The third-order valence-corrected chi connectivity index (χ3v) is 2.41. The van der Waals surface area contributed by atoms with Crippen molar-refractivity contribution in [2.24, 2.45) is 0 Å². The van der Waals surface area contributed by atoms with Gasteiger partial charge in [-0.3, -0.25) is 0 Å². The van der Waals surface area contributed by atoms with Gasteiger partial charge in [0.15, 0.2) is 0 Å². The average Bonchev–Trinajstić information content (AvgIpc) is 2.09. The zero-order valence-electron chi connectivity index (χ0n) is 7.89. The Bertz CT molecular complexity index is 131. The number of hydrogen-bond donors (Lipinski definition) is 2. The molecule has 0 heterocycles. The molecule has 0 saturated carbocycles. The molecule has 0 rings (SSSR count). The van der Waals surface area contributed by atoms with Crippen molar-refractivity contribution < 1.29 is 0 Å². The fourth-order valence-electron chi connectivity index (χ4n) is 1.12. The van der Waals surface area contributed by atoms with Crippen LogP contribution in [0.25, 0.3) is 0 Å². The second-order valence-electron chi connectivity index (χ2n) is 3.04. The van der Waals surface area contributed by atoms with E-state index in [2.05, 4.69) is 17.9 Å². The van der Waals surface area contributed by atoms with Crippen molar-refractivity contribution in [2.75, 3.05) is 12.4 Å². The fourth-order valence-corrected chi connectivity index (χ4v) is 1.52. The van der Waals surface area contributed by atoms with E-state index in [0.717, 1.165) is 18.8 Å². The molecule has 1 nitrogen and oxygen atoms in total. The number of nitrogens with one attached hydrogen (secondary N) is 1. The first-order valence-electron chi connectivity index (χ1n) is 4.80. The Morgan fingerprint density at radius 1 is 1.08 bits per heavy atom. The van der Waals surface area contributed by atoms with Crippen LogP contribution in [0.5, 0.6) is 0 Å². The highest BCUT2D eigenvalue weighted by atomic mass is 35.5. The zero-order chi connectivity index (χ0) is 9.94. The number of hydrogen-bond acceptors (Lipinski definition) is 1. The number of alkyl halides is 1. The summed E-state index contributed by atoms with van der Waals surface area (Å²) in [5, 5.41) is 3.02. The van der Waals surface area contributed by atoms with Gasteiger partial charge in [0.1, 0.15) is 4.32 Å². The molecule has 0 amide bonds. The smallest absolute Gasteiger partial charge is 0.130 e. The van der Waals surface area contributed by atoms with Crippen molar-refractivity contribution in [3.8, 4) is 0 Å². The topological polar surface area (TPSA) is 12.0 Å². The molecule has 13 heavy (non-hydrogen) atoms. The first-order valence-corrected chi connectivity index (χ1v) is 6.19. The van der Waals surface area contributed by atoms with Crippen LogP contribution in [-0.2, 0) is 0 Å². The van der Waals surface area contributed by atoms with Crippen LogP contribution in [0.15, 0.2) is 0 Å². The Kier molecular flexibility index (Phi) is 11.0. The number of halogens is 1. The number of thiol groups is 1. The molecule has 0 aromatic rings. The van der Waals surface area contributed by atoms with Crippen molar-refractivity contribution in [1.82, 2.24) is 5.32 Å². The van der Waals surface area contributed by atoms with Gasteiger partial charge >= 0.3 is 0 Å². The molecule has 0 aliphatic carbocycles. The zero-order valence-corrected chi connectivity index (χ0v) is 10.4. The molecule has 0 atom stereocenters. The van der Waals surface area contributed by atoms with Gasteiger partial charge < -0.3 is 5.32 Å². The molecule has 0 aromatic carbocycles. The van der Waals surface area contributed by atoms with Crippen molar-refractivity contribution >= 4 is 40.8 Å². The van der Waals surface area contributed by atoms with Gasteiger partial charge in [-0.15, -0.1) is 24.2 Å². The first-order chi connectivity index (χ1) is 6.27. The van der Waals surface area contributed by atoms with Crippen molar-refractivity contribution in [3.63, 3.8) is 0 Å². The Morgan fingerprint density at radius 2 is 1.62 bits per heavy atom. The number of rotatable bonds is 8. The van der Waals surface area contributed by atoms with E-state index in [4.69, 9.17) is 23.8 Å². The second-order valence-corrected chi connectivity index (χ2v) is 4.58. The molecule has 0 spiro atoms. The van der Waals surface area contributed by atoms with Crippen molar-refractivity contribution in [3.05, 3.63) is 0 Å². The molecule has 78 valence electrons. The summed E-state index contributed by atoms with van der Waals surface area (Å²) in [5.41, 5.74) is 0. The molecular formula is C9H18ClNS2. The van der Waals surface area contributed by atoms with E-state index >= 15 is 0 Å². The van der Waals surface area contributed by atoms with Crippen LogP contribution in [0.2, 0.25) is 0 Å². The Balaban J connectivity index is 2.87. The summed E-state index contributed by atoms with van der Waals surface area (Å²) in [5.74, 6) is 0.801. The predicted octanol–water partition coefficient (Wildman–Crippen LogP) is 3.37. The van der Waals surface area contributed by atoms with Crippen LogP contribution < -0.4 is 5.32 Å². The third kappa shape index (κ3) is 12.5. The van der Waals surface area contributed by atoms with Crippen molar-refractivity contribution in [2.45, 2.75) is 38.5 Å². The fraction of sp³-hybridized carbons (Fsp3) is 0.889. The molecule has 0 radical (unpaired) electrons. The lowest BCUT2D eigenvalue weighted by molar-refractivity contribution is 0.605. The van der Waals surface area contributed by atoms with E-state index < -0.39 is 0 Å². The van der Waals surface area contributed by atoms with Crippen LogP contribution in [0.4, 0.5) is 0 Å². The van der Waals surface area contributed by atoms with Gasteiger partial charge in [-0.2, -0.15) is 0 Å². The molecular weight excluding hydrogens is 222 g/mol. The van der Waals surface area contributed by atoms with Crippen molar-refractivity contribution in [1.29, 1.82) is 0 Å². The standard InChI is InChI=1S/C9H18ClNS2/c10-7-5-3-1-2-4-6-8-11-9(12)13/h1-8H2,(H2,11,12,13). The summed E-state index contributed by atoms with van der Waals surface area (Å²) in [7, 11) is 0. The Hall–Kier alpha value is 0.530. The van der Waals surface area contributed by atoms with Gasteiger partial charge in [0.2, 0.25) is 0 Å². The average molecular weight is 240 g/mol.